The van der Waals surface area contributed by atoms with Gasteiger partial charge >= 0.3 is 0 Å². The average molecular weight is 307 g/mol. The number of nitrogens with one attached hydrogen (secondary N) is 1. The fourth-order valence-electron chi connectivity index (χ4n) is 1.83. The monoisotopic (exact) mass is 306 g/mol. The quantitative estimate of drug-likeness (QED) is 0.908. The minimum absolute atomic E-state index is 0.242. The number of thioether (sulfide) groups is 1. The molecule has 0 aliphatic carbocycles. The van der Waals surface area contributed by atoms with Crippen LogP contribution in [0.25, 0.3) is 0 Å². The molecular weight excluding hydrogens is 291 g/mol. The molecule has 0 saturated carbocycles. The summed E-state index contributed by atoms with van der Waals surface area (Å²) in [5.74, 6) is 0.692. The summed E-state index contributed by atoms with van der Waals surface area (Å²) in [5.41, 5.74) is 0. The van der Waals surface area contributed by atoms with E-state index in [1.54, 1.807) is 17.8 Å². The summed E-state index contributed by atoms with van der Waals surface area (Å²) in [7, 11) is 0. The normalized spacial score (nSPS) is 23.3. The molecule has 100 valence electrons. The fraction of sp³-hybridized carbons (Fsp3) is 0.583. The van der Waals surface area contributed by atoms with Gasteiger partial charge in [-0.05, 0) is 26.3 Å². The van der Waals surface area contributed by atoms with Crippen LogP contribution in [-0.4, -0.2) is 29.5 Å². The number of pyridine rings is 1. The second kappa shape index (κ2) is 6.33. The minimum atomic E-state index is 0.242. The van der Waals surface area contributed by atoms with Gasteiger partial charge in [0.1, 0.15) is 10.8 Å². The molecule has 3 nitrogen and oxygen atoms in total. The van der Waals surface area contributed by atoms with E-state index >= 15 is 0 Å². The number of ether oxygens (including phenoxy) is 1. The van der Waals surface area contributed by atoms with Gasteiger partial charge in [-0.15, -0.1) is 0 Å². The highest BCUT2D eigenvalue weighted by Gasteiger charge is 2.26. The van der Waals surface area contributed by atoms with Crippen LogP contribution >= 0.6 is 35.0 Å². The number of nitrogens with zero attached hydrogens (tertiary/aromatic N) is 1. The van der Waals surface area contributed by atoms with Crippen molar-refractivity contribution in [2.75, 3.05) is 18.5 Å². The maximum absolute atomic E-state index is 6.19. The molecule has 2 unspecified atom stereocenters. The number of rotatable bonds is 4. The molecule has 1 aromatic rings. The van der Waals surface area contributed by atoms with E-state index in [0.29, 0.717) is 21.1 Å². The molecule has 2 heterocycles. The van der Waals surface area contributed by atoms with Crippen LogP contribution in [0.2, 0.25) is 10.0 Å². The van der Waals surface area contributed by atoms with Crippen molar-refractivity contribution in [2.45, 2.75) is 36.6 Å². The third-order valence-corrected chi connectivity index (χ3v) is 4.96. The molecule has 1 aromatic heterocycles. The summed E-state index contributed by atoms with van der Waals surface area (Å²) in [5, 5.41) is 5.52. The van der Waals surface area contributed by atoms with Crippen LogP contribution in [0.15, 0.2) is 11.1 Å². The zero-order valence-electron chi connectivity index (χ0n) is 10.4. The fourth-order valence-corrected chi connectivity index (χ4v) is 3.48. The Morgan fingerprint density at radius 2 is 2.28 bits per heavy atom. The van der Waals surface area contributed by atoms with Crippen LogP contribution in [0.1, 0.15) is 20.3 Å². The second-order valence-electron chi connectivity index (χ2n) is 4.16. The zero-order valence-corrected chi connectivity index (χ0v) is 12.7. The molecule has 0 aromatic carbocycles. The van der Waals surface area contributed by atoms with Crippen molar-refractivity contribution in [3.05, 3.63) is 16.1 Å². The van der Waals surface area contributed by atoms with Gasteiger partial charge in [-0.1, -0.05) is 35.0 Å². The van der Waals surface area contributed by atoms with Gasteiger partial charge in [0.15, 0.2) is 0 Å². The minimum Gasteiger partial charge on any atom is -0.377 e. The Morgan fingerprint density at radius 1 is 1.50 bits per heavy atom. The lowest BCUT2D eigenvalue weighted by Gasteiger charge is -2.15. The van der Waals surface area contributed by atoms with Crippen LogP contribution in [0.4, 0.5) is 5.82 Å². The van der Waals surface area contributed by atoms with Gasteiger partial charge in [0, 0.05) is 18.4 Å². The molecule has 2 atom stereocenters. The van der Waals surface area contributed by atoms with E-state index in [4.69, 9.17) is 27.9 Å². The van der Waals surface area contributed by atoms with Gasteiger partial charge in [-0.2, -0.15) is 0 Å². The van der Waals surface area contributed by atoms with Gasteiger partial charge < -0.3 is 10.1 Å². The average Bonchev–Trinajstić information content (AvgIpc) is 2.71. The lowest BCUT2D eigenvalue weighted by atomic mass is 10.3. The lowest BCUT2D eigenvalue weighted by Crippen LogP contribution is -2.13. The van der Waals surface area contributed by atoms with Gasteiger partial charge in [-0.3, -0.25) is 0 Å². The summed E-state index contributed by atoms with van der Waals surface area (Å²) < 4.78 is 5.55. The molecule has 1 saturated heterocycles. The molecule has 0 radical (unpaired) electrons. The van der Waals surface area contributed by atoms with Crippen LogP contribution in [-0.2, 0) is 4.74 Å². The summed E-state index contributed by atoms with van der Waals surface area (Å²) >= 11 is 13.9. The maximum atomic E-state index is 6.19. The summed E-state index contributed by atoms with van der Waals surface area (Å²) in [4.78, 5) is 4.49. The lowest BCUT2D eigenvalue weighted by molar-refractivity contribution is 0.127. The van der Waals surface area contributed by atoms with E-state index in [9.17, 15) is 0 Å². The topological polar surface area (TPSA) is 34.2 Å². The highest BCUT2D eigenvalue weighted by atomic mass is 35.5. The molecule has 18 heavy (non-hydrogen) atoms. The summed E-state index contributed by atoms with van der Waals surface area (Å²) in [6.07, 6.45) is 1.27. The molecule has 1 N–H and O–H groups in total. The van der Waals surface area contributed by atoms with Crippen molar-refractivity contribution < 1.29 is 4.74 Å². The van der Waals surface area contributed by atoms with E-state index in [-0.39, 0.29) is 6.10 Å². The number of halogens is 2. The second-order valence-corrected chi connectivity index (χ2v) is 6.20. The smallest absolute Gasteiger partial charge is 0.146 e. The first-order valence-electron chi connectivity index (χ1n) is 6.00. The first kappa shape index (κ1) is 14.3. The van der Waals surface area contributed by atoms with Gasteiger partial charge in [0.2, 0.25) is 0 Å². The third kappa shape index (κ3) is 3.23. The number of aromatic nitrogens is 1. The van der Waals surface area contributed by atoms with Crippen LogP contribution in [0.5, 0.6) is 0 Å². The zero-order chi connectivity index (χ0) is 13.1. The Labute approximate surface area is 122 Å². The van der Waals surface area contributed by atoms with Crippen molar-refractivity contribution in [3.8, 4) is 0 Å². The third-order valence-electron chi connectivity index (χ3n) is 2.81. The standard InChI is InChI=1S/C12H16Cl2N2OS/c1-3-15-11-8(13)6-9(14)12(16-11)18-10-4-5-17-7(10)2/h6-7,10H,3-5H2,1-2H3,(H,15,16). The van der Waals surface area contributed by atoms with Crippen LogP contribution in [0, 0.1) is 0 Å². The van der Waals surface area contributed by atoms with Crippen molar-refractivity contribution in [1.82, 2.24) is 4.98 Å². The van der Waals surface area contributed by atoms with Gasteiger partial charge in [0.25, 0.3) is 0 Å². The van der Waals surface area contributed by atoms with E-state index in [0.717, 1.165) is 24.6 Å². The van der Waals surface area contributed by atoms with Crippen LogP contribution < -0.4 is 5.32 Å². The molecule has 0 spiro atoms. The Hall–Kier alpha value is -0.160. The molecule has 0 bridgehead atoms. The van der Waals surface area contributed by atoms with Crippen LogP contribution in [0.3, 0.4) is 0 Å². The van der Waals surface area contributed by atoms with E-state index in [1.807, 2.05) is 6.92 Å². The molecular formula is C12H16Cl2N2OS. The highest BCUT2D eigenvalue weighted by molar-refractivity contribution is 8.00. The predicted octanol–water partition coefficient (Wildman–Crippen LogP) is 4.09. The Balaban J connectivity index is 2.18. The SMILES string of the molecule is CCNc1nc(SC2CCOC2C)c(Cl)cc1Cl. The Morgan fingerprint density at radius 3 is 2.89 bits per heavy atom. The Bertz CT molecular complexity index is 431. The first-order chi connectivity index (χ1) is 8.61. The van der Waals surface area contributed by atoms with E-state index in [2.05, 4.69) is 17.2 Å². The van der Waals surface area contributed by atoms with E-state index < -0.39 is 0 Å². The summed E-state index contributed by atoms with van der Waals surface area (Å²) in [6.45, 7) is 5.68. The van der Waals surface area contributed by atoms with Crippen molar-refractivity contribution in [1.29, 1.82) is 0 Å². The molecule has 1 aliphatic rings. The molecule has 6 heteroatoms. The predicted molar refractivity (Wildman–Crippen MR) is 78.1 cm³/mol. The largest absolute Gasteiger partial charge is 0.377 e. The van der Waals surface area contributed by atoms with Gasteiger partial charge in [0.05, 0.1) is 16.1 Å². The van der Waals surface area contributed by atoms with Crippen molar-refractivity contribution in [2.24, 2.45) is 0 Å². The van der Waals surface area contributed by atoms with Crippen molar-refractivity contribution >= 4 is 40.8 Å². The van der Waals surface area contributed by atoms with Gasteiger partial charge in [-0.25, -0.2) is 4.98 Å². The first-order valence-corrected chi connectivity index (χ1v) is 7.63. The summed E-state index contributed by atoms with van der Waals surface area (Å²) in [6, 6.07) is 1.75. The number of hydrogen-bond donors (Lipinski definition) is 1. The number of anilines is 1. The Kier molecular flexibility index (Phi) is 5.01. The molecule has 2 rings (SSSR count). The molecule has 1 fully saturated rings. The number of hydrogen-bond acceptors (Lipinski definition) is 4. The van der Waals surface area contributed by atoms with Crippen molar-refractivity contribution in [3.63, 3.8) is 0 Å². The molecule has 1 aliphatic heterocycles. The molecule has 0 amide bonds. The maximum Gasteiger partial charge on any atom is 0.146 e. The van der Waals surface area contributed by atoms with E-state index in [1.165, 1.54) is 0 Å². The highest BCUT2D eigenvalue weighted by Crippen LogP contribution is 2.37.